The van der Waals surface area contributed by atoms with Crippen LogP contribution in [0, 0.1) is 5.92 Å². The minimum absolute atomic E-state index is 0.470. The van der Waals surface area contributed by atoms with E-state index >= 15 is 0 Å². The summed E-state index contributed by atoms with van der Waals surface area (Å²) in [6, 6.07) is 11.1. The molecule has 3 rings (SSSR count). The molecule has 1 saturated heterocycles. The van der Waals surface area contributed by atoms with Crippen molar-refractivity contribution in [3.05, 3.63) is 42.1 Å². The van der Waals surface area contributed by atoms with E-state index < -0.39 is 0 Å². The molecule has 2 heterocycles. The van der Waals surface area contributed by atoms with Crippen molar-refractivity contribution in [1.29, 1.82) is 0 Å². The third kappa shape index (κ3) is 2.05. The molecular weight excluding hydrogens is 208 g/mol. The van der Waals surface area contributed by atoms with Crippen LogP contribution >= 0.6 is 0 Å². The summed E-state index contributed by atoms with van der Waals surface area (Å²) in [5, 5.41) is 4.86. The number of aromatic nitrogens is 1. The van der Waals surface area contributed by atoms with Gasteiger partial charge >= 0.3 is 0 Å². The highest BCUT2D eigenvalue weighted by molar-refractivity contribution is 5.82. The van der Waals surface area contributed by atoms with Crippen LogP contribution in [0.15, 0.2) is 36.5 Å². The van der Waals surface area contributed by atoms with Crippen LogP contribution in [-0.2, 0) is 0 Å². The molecular formula is C15H18N2. The Balaban J connectivity index is 2.04. The second-order valence-corrected chi connectivity index (χ2v) is 5.06. The van der Waals surface area contributed by atoms with Crippen molar-refractivity contribution in [3.8, 4) is 0 Å². The summed E-state index contributed by atoms with van der Waals surface area (Å²) >= 11 is 0. The van der Waals surface area contributed by atoms with Crippen molar-refractivity contribution in [2.45, 2.75) is 25.8 Å². The maximum absolute atomic E-state index is 4.54. The number of nitrogens with one attached hydrogen (secondary N) is 1. The average molecular weight is 226 g/mol. The first-order valence-corrected chi connectivity index (χ1v) is 6.41. The normalized spacial score (nSPS) is 25.0. The van der Waals surface area contributed by atoms with Gasteiger partial charge in [0.1, 0.15) is 0 Å². The van der Waals surface area contributed by atoms with E-state index in [4.69, 9.17) is 0 Å². The fourth-order valence-electron chi connectivity index (χ4n) is 2.75. The predicted molar refractivity (Wildman–Crippen MR) is 70.9 cm³/mol. The molecule has 0 radical (unpaired) electrons. The largest absolute Gasteiger partial charge is 0.310 e. The quantitative estimate of drug-likeness (QED) is 0.807. The van der Waals surface area contributed by atoms with Crippen molar-refractivity contribution in [3.63, 3.8) is 0 Å². The number of nitrogens with zero attached hydrogens (tertiary/aromatic N) is 1. The molecule has 2 heteroatoms. The van der Waals surface area contributed by atoms with Crippen LogP contribution in [0.25, 0.3) is 10.9 Å². The molecule has 2 unspecified atom stereocenters. The van der Waals surface area contributed by atoms with Gasteiger partial charge in [0.2, 0.25) is 0 Å². The monoisotopic (exact) mass is 226 g/mol. The predicted octanol–water partition coefficient (Wildman–Crippen LogP) is 3.30. The van der Waals surface area contributed by atoms with Crippen molar-refractivity contribution < 1.29 is 0 Å². The average Bonchev–Trinajstić information content (AvgIpc) is 2.38. The zero-order valence-corrected chi connectivity index (χ0v) is 10.2. The Labute approximate surface area is 102 Å². The number of para-hydroxylation sites is 1. The first-order valence-electron chi connectivity index (χ1n) is 6.41. The van der Waals surface area contributed by atoms with E-state index in [1.807, 2.05) is 12.3 Å². The van der Waals surface area contributed by atoms with Crippen molar-refractivity contribution in [1.82, 2.24) is 10.3 Å². The summed E-state index contributed by atoms with van der Waals surface area (Å²) < 4.78 is 0. The molecule has 1 aliphatic rings. The van der Waals surface area contributed by atoms with Gasteiger partial charge < -0.3 is 5.32 Å². The highest BCUT2D eigenvalue weighted by atomic mass is 14.9. The molecule has 2 aromatic rings. The summed E-state index contributed by atoms with van der Waals surface area (Å²) in [6.07, 6.45) is 4.39. The Kier molecular flexibility index (Phi) is 2.81. The summed E-state index contributed by atoms with van der Waals surface area (Å²) in [7, 11) is 0. The first kappa shape index (κ1) is 10.7. The van der Waals surface area contributed by atoms with Gasteiger partial charge in [-0.3, -0.25) is 4.98 Å². The van der Waals surface area contributed by atoms with Gasteiger partial charge in [-0.1, -0.05) is 31.2 Å². The maximum Gasteiger partial charge on any atom is 0.0749 e. The molecule has 17 heavy (non-hydrogen) atoms. The SMILES string of the molecule is CC1CCNC(c2cccc3cccnc23)C1. The summed E-state index contributed by atoms with van der Waals surface area (Å²) in [5.41, 5.74) is 2.51. The van der Waals surface area contributed by atoms with Crippen LogP contribution in [0.3, 0.4) is 0 Å². The van der Waals surface area contributed by atoms with Gasteiger partial charge in [0.05, 0.1) is 5.52 Å². The van der Waals surface area contributed by atoms with Gasteiger partial charge in [0.25, 0.3) is 0 Å². The van der Waals surface area contributed by atoms with Crippen molar-refractivity contribution >= 4 is 10.9 Å². The first-order chi connectivity index (χ1) is 8.34. The Hall–Kier alpha value is -1.41. The van der Waals surface area contributed by atoms with E-state index in [0.29, 0.717) is 6.04 Å². The summed E-state index contributed by atoms with van der Waals surface area (Å²) in [5.74, 6) is 0.806. The topological polar surface area (TPSA) is 24.9 Å². The van der Waals surface area contributed by atoms with E-state index in [9.17, 15) is 0 Å². The van der Waals surface area contributed by atoms with E-state index in [1.165, 1.54) is 23.8 Å². The molecule has 0 spiro atoms. The van der Waals surface area contributed by atoms with Gasteiger partial charge in [-0.05, 0) is 36.9 Å². The smallest absolute Gasteiger partial charge is 0.0749 e. The van der Waals surface area contributed by atoms with Crippen molar-refractivity contribution in [2.24, 2.45) is 5.92 Å². The highest BCUT2D eigenvalue weighted by Gasteiger charge is 2.21. The Morgan fingerprint density at radius 2 is 2.12 bits per heavy atom. The molecule has 88 valence electrons. The van der Waals surface area contributed by atoms with Gasteiger partial charge in [-0.15, -0.1) is 0 Å². The van der Waals surface area contributed by atoms with Crippen LogP contribution < -0.4 is 5.32 Å². The van der Waals surface area contributed by atoms with Crippen LogP contribution in [0.1, 0.15) is 31.4 Å². The fraction of sp³-hybridized carbons (Fsp3) is 0.400. The number of hydrogen-bond acceptors (Lipinski definition) is 2. The van der Waals surface area contributed by atoms with Crippen LogP contribution in [0.2, 0.25) is 0 Å². The van der Waals surface area contributed by atoms with Gasteiger partial charge in [-0.25, -0.2) is 0 Å². The van der Waals surface area contributed by atoms with Gasteiger partial charge in [0.15, 0.2) is 0 Å². The highest BCUT2D eigenvalue weighted by Crippen LogP contribution is 2.30. The number of pyridine rings is 1. The van der Waals surface area contributed by atoms with Crippen molar-refractivity contribution in [2.75, 3.05) is 6.54 Å². The molecule has 2 atom stereocenters. The second-order valence-electron chi connectivity index (χ2n) is 5.06. The number of hydrogen-bond donors (Lipinski definition) is 1. The molecule has 1 N–H and O–H groups in total. The maximum atomic E-state index is 4.54. The Morgan fingerprint density at radius 3 is 3.00 bits per heavy atom. The van der Waals surface area contributed by atoms with Crippen LogP contribution in [0.5, 0.6) is 0 Å². The fourth-order valence-corrected chi connectivity index (χ4v) is 2.75. The third-order valence-corrected chi connectivity index (χ3v) is 3.71. The molecule has 1 aliphatic heterocycles. The lowest BCUT2D eigenvalue weighted by Gasteiger charge is -2.29. The number of rotatable bonds is 1. The minimum Gasteiger partial charge on any atom is -0.310 e. The lowest BCUT2D eigenvalue weighted by molar-refractivity contribution is 0.326. The molecule has 2 nitrogen and oxygen atoms in total. The number of benzene rings is 1. The minimum atomic E-state index is 0.470. The van der Waals surface area contributed by atoms with E-state index in [2.05, 4.69) is 41.5 Å². The Bertz CT molecular complexity index is 516. The molecule has 0 aliphatic carbocycles. The lowest BCUT2D eigenvalue weighted by atomic mass is 9.89. The molecule has 1 aromatic heterocycles. The second kappa shape index (κ2) is 4.46. The van der Waals surface area contributed by atoms with Gasteiger partial charge in [0, 0.05) is 17.6 Å². The zero-order valence-electron chi connectivity index (χ0n) is 10.2. The van der Waals surface area contributed by atoms with E-state index in [1.54, 1.807) is 0 Å². The van der Waals surface area contributed by atoms with Crippen LogP contribution in [-0.4, -0.2) is 11.5 Å². The third-order valence-electron chi connectivity index (χ3n) is 3.71. The lowest BCUT2D eigenvalue weighted by Crippen LogP contribution is -2.30. The Morgan fingerprint density at radius 1 is 1.24 bits per heavy atom. The summed E-state index contributed by atoms with van der Waals surface area (Å²) in [4.78, 5) is 4.54. The van der Waals surface area contributed by atoms with E-state index in [0.717, 1.165) is 18.0 Å². The van der Waals surface area contributed by atoms with Crippen LogP contribution in [0.4, 0.5) is 0 Å². The molecule has 0 saturated carbocycles. The molecule has 1 aromatic carbocycles. The molecule has 0 bridgehead atoms. The number of piperidine rings is 1. The standard InChI is InChI=1S/C15H18N2/c1-11-7-9-16-14(10-11)13-6-2-4-12-5-3-8-17-15(12)13/h2-6,8,11,14,16H,7,9-10H2,1H3. The summed E-state index contributed by atoms with van der Waals surface area (Å²) in [6.45, 7) is 3.46. The zero-order chi connectivity index (χ0) is 11.7. The molecule has 0 amide bonds. The molecule has 1 fully saturated rings. The van der Waals surface area contributed by atoms with Gasteiger partial charge in [-0.2, -0.15) is 0 Å². The van der Waals surface area contributed by atoms with E-state index in [-0.39, 0.29) is 0 Å². The number of fused-ring (bicyclic) bond motifs is 1.